The number of benzene rings is 2. The van der Waals surface area contributed by atoms with E-state index in [0.717, 1.165) is 0 Å². The summed E-state index contributed by atoms with van der Waals surface area (Å²) in [5, 5.41) is 0. The molecule has 13 heteroatoms. The Morgan fingerprint density at radius 1 is 0.500 bits per heavy atom. The Bertz CT molecular complexity index is 818. The normalized spacial score (nSPS) is 11.0. The zero-order valence-electron chi connectivity index (χ0n) is 11.7. The van der Waals surface area contributed by atoms with E-state index in [2.05, 4.69) is 5.73 Å². The van der Waals surface area contributed by atoms with Crippen molar-refractivity contribution < 1.29 is 48.7 Å². The number of hydrogen-bond acceptors (Lipinski definition) is 1. The van der Waals surface area contributed by atoms with Crippen LogP contribution in [0.15, 0.2) is 0 Å². The lowest BCUT2D eigenvalue weighted by Crippen LogP contribution is -2.35. The zero-order chi connectivity index (χ0) is 20.1. The molecule has 0 aliphatic heterocycles. The van der Waals surface area contributed by atoms with Crippen molar-refractivity contribution in [2.45, 2.75) is 0 Å². The molecule has 3 nitrogen and oxygen atoms in total. The van der Waals surface area contributed by atoms with Crippen LogP contribution < -0.4 is 10.6 Å². The van der Waals surface area contributed by atoms with Crippen molar-refractivity contribution in [2.75, 3.05) is 4.90 Å². The van der Waals surface area contributed by atoms with Gasteiger partial charge < -0.3 is 5.73 Å². The molecule has 2 aromatic carbocycles. The fourth-order valence-electron chi connectivity index (χ4n) is 1.91. The molecular formula is C13H2F10N2O. The predicted molar refractivity (Wildman–Crippen MR) is 64.2 cm³/mol. The summed E-state index contributed by atoms with van der Waals surface area (Å²) in [7, 11) is 0. The first kappa shape index (κ1) is 19.3. The van der Waals surface area contributed by atoms with Gasteiger partial charge >= 0.3 is 6.03 Å². The maximum Gasteiger partial charge on any atom is 0.324 e. The quantitative estimate of drug-likeness (QED) is 0.463. The minimum atomic E-state index is -2.74. The summed E-state index contributed by atoms with van der Waals surface area (Å²) >= 11 is 0. The van der Waals surface area contributed by atoms with Crippen molar-refractivity contribution in [3.63, 3.8) is 0 Å². The minimum Gasteiger partial charge on any atom is -0.351 e. The summed E-state index contributed by atoms with van der Waals surface area (Å²) in [6.45, 7) is 0. The fourth-order valence-corrected chi connectivity index (χ4v) is 1.91. The van der Waals surface area contributed by atoms with Crippen molar-refractivity contribution >= 4 is 17.4 Å². The summed E-state index contributed by atoms with van der Waals surface area (Å²) in [5.74, 6) is -27.2. The molecule has 2 N–H and O–H groups in total. The van der Waals surface area contributed by atoms with Crippen LogP contribution in [0.25, 0.3) is 0 Å². The van der Waals surface area contributed by atoms with Gasteiger partial charge in [0.1, 0.15) is 11.4 Å². The number of nitrogens with two attached hydrogens (primary N) is 1. The van der Waals surface area contributed by atoms with E-state index in [1.807, 2.05) is 0 Å². The summed E-state index contributed by atoms with van der Waals surface area (Å²) in [5.41, 5.74) is -0.0763. The highest BCUT2D eigenvalue weighted by molar-refractivity contribution is 5.99. The number of carbonyl (C=O) groups is 1. The maximum absolute atomic E-state index is 13.8. The molecule has 0 bridgehead atoms. The molecule has 140 valence electrons. The molecule has 0 aromatic heterocycles. The van der Waals surface area contributed by atoms with Crippen molar-refractivity contribution in [1.82, 2.24) is 0 Å². The van der Waals surface area contributed by atoms with E-state index in [4.69, 9.17) is 0 Å². The van der Waals surface area contributed by atoms with E-state index in [0.29, 0.717) is 0 Å². The number of hydrogen-bond donors (Lipinski definition) is 1. The Hall–Kier alpha value is -2.99. The summed E-state index contributed by atoms with van der Waals surface area (Å²) in [6.07, 6.45) is 0. The van der Waals surface area contributed by atoms with E-state index in [9.17, 15) is 48.7 Å². The largest absolute Gasteiger partial charge is 0.351 e. The van der Waals surface area contributed by atoms with Gasteiger partial charge in [-0.05, 0) is 0 Å². The van der Waals surface area contributed by atoms with Gasteiger partial charge in [-0.3, -0.25) is 4.90 Å². The number of nitrogens with zero attached hydrogens (tertiary/aromatic N) is 1. The first-order valence-electron chi connectivity index (χ1n) is 6.05. The summed E-state index contributed by atoms with van der Waals surface area (Å²) < 4.78 is 134. The number of urea groups is 1. The van der Waals surface area contributed by atoms with Gasteiger partial charge in [0.05, 0.1) is 0 Å². The topological polar surface area (TPSA) is 46.3 Å². The first-order chi connectivity index (χ1) is 11.9. The second kappa shape index (κ2) is 6.38. The molecule has 0 aliphatic carbocycles. The Balaban J connectivity index is 2.99. The first-order valence-corrected chi connectivity index (χ1v) is 6.05. The molecule has 0 saturated carbocycles. The van der Waals surface area contributed by atoms with Gasteiger partial charge in [-0.25, -0.2) is 48.7 Å². The van der Waals surface area contributed by atoms with E-state index < -0.39 is 80.5 Å². The SMILES string of the molecule is NC(=O)N(c1c(F)c(F)c(F)c(F)c1F)c1c(F)c(F)c(F)c(F)c1F. The van der Waals surface area contributed by atoms with Gasteiger partial charge in [-0.15, -0.1) is 0 Å². The number of rotatable bonds is 2. The van der Waals surface area contributed by atoms with Gasteiger partial charge in [0.15, 0.2) is 46.5 Å². The van der Waals surface area contributed by atoms with E-state index in [-0.39, 0.29) is 0 Å². The Kier molecular flexibility index (Phi) is 4.75. The van der Waals surface area contributed by atoms with Crippen LogP contribution in [0.3, 0.4) is 0 Å². The fraction of sp³-hybridized carbons (Fsp3) is 0. The molecule has 0 fully saturated rings. The predicted octanol–water partition coefficient (Wildman–Crippen LogP) is 4.29. The highest BCUT2D eigenvalue weighted by atomic mass is 19.2. The zero-order valence-corrected chi connectivity index (χ0v) is 11.7. The molecule has 2 amide bonds. The highest BCUT2D eigenvalue weighted by Crippen LogP contribution is 2.39. The Morgan fingerprint density at radius 3 is 0.885 bits per heavy atom. The van der Waals surface area contributed by atoms with Crippen LogP contribution >= 0.6 is 0 Å². The van der Waals surface area contributed by atoms with Gasteiger partial charge in [0, 0.05) is 0 Å². The molecular weight excluding hydrogens is 390 g/mol. The van der Waals surface area contributed by atoms with Crippen LogP contribution in [0.5, 0.6) is 0 Å². The summed E-state index contributed by atoms with van der Waals surface area (Å²) in [4.78, 5) is 10.3. The third-order valence-electron chi connectivity index (χ3n) is 3.04. The third-order valence-corrected chi connectivity index (χ3v) is 3.04. The van der Waals surface area contributed by atoms with Crippen molar-refractivity contribution in [1.29, 1.82) is 0 Å². The second-order valence-electron chi connectivity index (χ2n) is 4.51. The Morgan fingerprint density at radius 2 is 0.692 bits per heavy atom. The van der Waals surface area contributed by atoms with E-state index in [1.54, 1.807) is 0 Å². The van der Waals surface area contributed by atoms with Gasteiger partial charge in [-0.1, -0.05) is 0 Å². The smallest absolute Gasteiger partial charge is 0.324 e. The van der Waals surface area contributed by atoms with E-state index >= 15 is 0 Å². The molecule has 0 unspecified atom stereocenters. The van der Waals surface area contributed by atoms with Gasteiger partial charge in [-0.2, -0.15) is 0 Å². The van der Waals surface area contributed by atoms with Crippen LogP contribution in [-0.4, -0.2) is 6.03 Å². The van der Waals surface area contributed by atoms with Crippen molar-refractivity contribution in [3.8, 4) is 0 Å². The Labute approximate surface area is 136 Å². The third kappa shape index (κ3) is 2.59. The molecule has 0 spiro atoms. The van der Waals surface area contributed by atoms with Crippen molar-refractivity contribution in [3.05, 3.63) is 58.2 Å². The minimum absolute atomic E-state index is 1.06. The van der Waals surface area contributed by atoms with Crippen molar-refractivity contribution in [2.24, 2.45) is 5.73 Å². The molecule has 0 heterocycles. The van der Waals surface area contributed by atoms with Gasteiger partial charge in [0.25, 0.3) is 0 Å². The molecule has 0 radical (unpaired) electrons. The number of halogens is 10. The average molecular weight is 392 g/mol. The molecule has 26 heavy (non-hydrogen) atoms. The summed E-state index contributed by atoms with van der Waals surface area (Å²) in [6, 6.07) is -2.31. The molecule has 2 rings (SSSR count). The number of amides is 2. The van der Waals surface area contributed by atoms with Crippen LogP contribution in [0, 0.1) is 58.2 Å². The molecule has 2 aromatic rings. The lowest BCUT2D eigenvalue weighted by Gasteiger charge is -2.23. The lowest BCUT2D eigenvalue weighted by molar-refractivity contribution is 0.254. The lowest BCUT2D eigenvalue weighted by atomic mass is 10.1. The second-order valence-corrected chi connectivity index (χ2v) is 4.51. The number of carbonyl (C=O) groups excluding carboxylic acids is 1. The molecule has 0 atom stereocenters. The van der Waals surface area contributed by atoms with Crippen LogP contribution in [0.4, 0.5) is 60.1 Å². The molecule has 0 saturated heterocycles. The van der Waals surface area contributed by atoms with Crippen LogP contribution in [0.2, 0.25) is 0 Å². The monoisotopic (exact) mass is 392 g/mol. The van der Waals surface area contributed by atoms with Crippen LogP contribution in [0.1, 0.15) is 0 Å². The average Bonchev–Trinajstić information content (AvgIpc) is 2.60. The number of primary amides is 1. The molecule has 0 aliphatic rings. The van der Waals surface area contributed by atoms with Gasteiger partial charge in [0.2, 0.25) is 11.6 Å². The number of anilines is 2. The standard InChI is InChI=1S/C13H2F10N2O/c14-1-3(16)7(20)11(8(21)4(1)17)25(13(24)26)12-9(22)5(18)2(15)6(19)10(12)23/h(H2,24,26). The maximum atomic E-state index is 13.8. The van der Waals surface area contributed by atoms with Crippen LogP contribution in [-0.2, 0) is 0 Å². The van der Waals surface area contributed by atoms with E-state index in [1.165, 1.54) is 0 Å². The highest BCUT2D eigenvalue weighted by Gasteiger charge is 2.37.